The van der Waals surface area contributed by atoms with Crippen LogP contribution >= 0.6 is 0 Å². The fourth-order valence-electron chi connectivity index (χ4n) is 2.31. The van der Waals surface area contributed by atoms with Crippen molar-refractivity contribution in [2.24, 2.45) is 5.73 Å². The van der Waals surface area contributed by atoms with Crippen LogP contribution in [-0.4, -0.2) is 13.0 Å². The second-order valence-electron chi connectivity index (χ2n) is 4.73. The number of hydrogen-bond donors (Lipinski definition) is 2. The van der Waals surface area contributed by atoms with Gasteiger partial charge in [0.15, 0.2) is 0 Å². The first-order valence-electron chi connectivity index (χ1n) is 6.29. The number of anilines is 1. The molecule has 0 radical (unpaired) electrons. The number of ether oxygens (including phenoxy) is 1. The third-order valence-corrected chi connectivity index (χ3v) is 3.56. The van der Waals surface area contributed by atoms with Crippen LogP contribution in [0.15, 0.2) is 30.3 Å². The first-order valence-corrected chi connectivity index (χ1v) is 6.29. The summed E-state index contributed by atoms with van der Waals surface area (Å²) >= 11 is 0. The second-order valence-corrected chi connectivity index (χ2v) is 4.73. The van der Waals surface area contributed by atoms with Gasteiger partial charge in [-0.05, 0) is 60.4 Å². The summed E-state index contributed by atoms with van der Waals surface area (Å²) in [5.74, 6) is 0.351. The maximum atomic E-state index is 11.6. The molecule has 0 unspecified atom stereocenters. The van der Waals surface area contributed by atoms with Crippen LogP contribution in [-0.2, 0) is 0 Å². The van der Waals surface area contributed by atoms with Gasteiger partial charge in [0.2, 0.25) is 5.91 Å². The lowest BCUT2D eigenvalue weighted by molar-refractivity contribution is 0.100. The maximum absolute atomic E-state index is 11.6. The number of amides is 1. The topological polar surface area (TPSA) is 78.3 Å². The molecular weight excluding hydrogens is 252 g/mol. The standard InChI is InChI=1S/C16H18N2O2/c1-9-10(2)15(20-3)7-6-12(9)14-8-11(17)4-5-13(14)16(18)19/h4-8H,17H2,1-3H3,(H2,18,19). The molecule has 0 heterocycles. The monoisotopic (exact) mass is 270 g/mol. The first kappa shape index (κ1) is 13.9. The number of carbonyl (C=O) groups excluding carboxylic acids is 1. The van der Waals surface area contributed by atoms with Gasteiger partial charge in [-0.1, -0.05) is 6.07 Å². The van der Waals surface area contributed by atoms with Gasteiger partial charge in [-0.15, -0.1) is 0 Å². The number of methoxy groups -OCH3 is 1. The van der Waals surface area contributed by atoms with Gasteiger partial charge in [0.25, 0.3) is 0 Å². The molecule has 0 aliphatic carbocycles. The average Bonchev–Trinajstić information content (AvgIpc) is 2.41. The van der Waals surface area contributed by atoms with Crippen LogP contribution in [0.2, 0.25) is 0 Å². The molecule has 0 aliphatic heterocycles. The minimum atomic E-state index is -0.465. The fourth-order valence-corrected chi connectivity index (χ4v) is 2.31. The SMILES string of the molecule is COc1ccc(-c2cc(N)ccc2C(N)=O)c(C)c1C. The van der Waals surface area contributed by atoms with Crippen molar-refractivity contribution < 1.29 is 9.53 Å². The van der Waals surface area contributed by atoms with Gasteiger partial charge in [-0.25, -0.2) is 0 Å². The Kier molecular flexibility index (Phi) is 3.66. The van der Waals surface area contributed by atoms with Gasteiger partial charge >= 0.3 is 0 Å². The van der Waals surface area contributed by atoms with Gasteiger partial charge in [0, 0.05) is 11.3 Å². The van der Waals surface area contributed by atoms with Gasteiger partial charge < -0.3 is 16.2 Å². The molecule has 0 bridgehead atoms. The molecule has 104 valence electrons. The molecule has 0 saturated heterocycles. The van der Waals surface area contributed by atoms with E-state index in [1.54, 1.807) is 25.3 Å². The van der Waals surface area contributed by atoms with Crippen LogP contribution in [0.1, 0.15) is 21.5 Å². The minimum absolute atomic E-state index is 0.465. The summed E-state index contributed by atoms with van der Waals surface area (Å²) in [4.78, 5) is 11.6. The Hall–Kier alpha value is -2.49. The maximum Gasteiger partial charge on any atom is 0.249 e. The third kappa shape index (κ3) is 2.32. The van der Waals surface area contributed by atoms with E-state index in [1.165, 1.54) is 0 Å². The smallest absolute Gasteiger partial charge is 0.249 e. The van der Waals surface area contributed by atoms with Crippen molar-refractivity contribution in [1.82, 2.24) is 0 Å². The predicted octanol–water partition coefficient (Wildman–Crippen LogP) is 2.66. The zero-order valence-corrected chi connectivity index (χ0v) is 11.9. The van der Waals surface area contributed by atoms with Crippen LogP contribution in [0, 0.1) is 13.8 Å². The Morgan fingerprint density at radius 3 is 2.35 bits per heavy atom. The van der Waals surface area contributed by atoms with E-state index in [9.17, 15) is 4.79 Å². The van der Waals surface area contributed by atoms with Gasteiger partial charge in [-0.2, -0.15) is 0 Å². The molecule has 2 aromatic rings. The Labute approximate surface area is 118 Å². The summed E-state index contributed by atoms with van der Waals surface area (Å²) in [5, 5.41) is 0. The first-order chi connectivity index (χ1) is 9.45. The molecule has 4 heteroatoms. The Bertz CT molecular complexity index is 678. The summed E-state index contributed by atoms with van der Waals surface area (Å²) < 4.78 is 5.30. The number of carbonyl (C=O) groups is 1. The van der Waals surface area contributed by atoms with E-state index in [-0.39, 0.29) is 0 Å². The minimum Gasteiger partial charge on any atom is -0.496 e. The highest BCUT2D eigenvalue weighted by atomic mass is 16.5. The summed E-state index contributed by atoms with van der Waals surface area (Å²) in [6.45, 7) is 3.97. The normalized spacial score (nSPS) is 10.3. The van der Waals surface area contributed by atoms with E-state index in [2.05, 4.69) is 0 Å². The van der Waals surface area contributed by atoms with Crippen molar-refractivity contribution in [2.45, 2.75) is 13.8 Å². The molecule has 0 spiro atoms. The van der Waals surface area contributed by atoms with Crippen molar-refractivity contribution in [3.63, 3.8) is 0 Å². The van der Waals surface area contributed by atoms with Crippen molar-refractivity contribution in [3.05, 3.63) is 47.0 Å². The van der Waals surface area contributed by atoms with Crippen LogP contribution in [0.4, 0.5) is 5.69 Å². The molecule has 1 amide bonds. The van der Waals surface area contributed by atoms with Crippen molar-refractivity contribution in [3.8, 4) is 16.9 Å². The molecule has 0 aromatic heterocycles. The molecule has 0 atom stereocenters. The number of primary amides is 1. The largest absolute Gasteiger partial charge is 0.496 e. The predicted molar refractivity (Wildman–Crippen MR) is 80.8 cm³/mol. The summed E-state index contributed by atoms with van der Waals surface area (Å²) in [5.41, 5.74) is 16.1. The molecule has 2 aromatic carbocycles. The number of nitrogens with two attached hydrogens (primary N) is 2. The van der Waals surface area contributed by atoms with Crippen LogP contribution < -0.4 is 16.2 Å². The number of rotatable bonds is 3. The van der Waals surface area contributed by atoms with E-state index >= 15 is 0 Å². The van der Waals surface area contributed by atoms with Gasteiger partial charge in [0.1, 0.15) is 5.75 Å². The molecule has 0 saturated carbocycles. The molecule has 4 nitrogen and oxygen atoms in total. The molecular formula is C16H18N2O2. The summed E-state index contributed by atoms with van der Waals surface area (Å²) in [6.07, 6.45) is 0. The molecule has 4 N–H and O–H groups in total. The van der Waals surface area contributed by atoms with Crippen LogP contribution in [0.3, 0.4) is 0 Å². The quantitative estimate of drug-likeness (QED) is 0.842. The van der Waals surface area contributed by atoms with E-state index in [0.29, 0.717) is 11.3 Å². The van der Waals surface area contributed by atoms with Crippen molar-refractivity contribution >= 4 is 11.6 Å². The summed E-state index contributed by atoms with van der Waals surface area (Å²) in [6, 6.07) is 8.91. The average molecular weight is 270 g/mol. The highest BCUT2D eigenvalue weighted by Gasteiger charge is 2.14. The molecule has 0 fully saturated rings. The highest BCUT2D eigenvalue weighted by molar-refractivity contribution is 6.01. The van der Waals surface area contributed by atoms with E-state index in [1.807, 2.05) is 26.0 Å². The van der Waals surface area contributed by atoms with Crippen molar-refractivity contribution in [1.29, 1.82) is 0 Å². The number of benzene rings is 2. The zero-order valence-electron chi connectivity index (χ0n) is 11.9. The number of hydrogen-bond acceptors (Lipinski definition) is 3. The third-order valence-electron chi connectivity index (χ3n) is 3.56. The Morgan fingerprint density at radius 1 is 1.05 bits per heavy atom. The zero-order chi connectivity index (χ0) is 14.9. The van der Waals surface area contributed by atoms with Crippen molar-refractivity contribution in [2.75, 3.05) is 12.8 Å². The lowest BCUT2D eigenvalue weighted by Crippen LogP contribution is -2.13. The lowest BCUT2D eigenvalue weighted by Gasteiger charge is -2.15. The molecule has 2 rings (SSSR count). The van der Waals surface area contributed by atoms with E-state index in [4.69, 9.17) is 16.2 Å². The van der Waals surface area contributed by atoms with Gasteiger partial charge in [0.05, 0.1) is 7.11 Å². The van der Waals surface area contributed by atoms with Gasteiger partial charge in [-0.3, -0.25) is 4.79 Å². The fraction of sp³-hybridized carbons (Fsp3) is 0.188. The lowest BCUT2D eigenvalue weighted by atomic mass is 9.92. The Morgan fingerprint density at radius 2 is 1.75 bits per heavy atom. The van der Waals surface area contributed by atoms with Crippen LogP contribution in [0.25, 0.3) is 11.1 Å². The summed E-state index contributed by atoms with van der Waals surface area (Å²) in [7, 11) is 1.64. The second kappa shape index (κ2) is 5.25. The van der Waals surface area contributed by atoms with E-state index in [0.717, 1.165) is 28.0 Å². The number of nitrogen functional groups attached to an aromatic ring is 1. The molecule has 0 aliphatic rings. The highest BCUT2D eigenvalue weighted by Crippen LogP contribution is 2.33. The Balaban J connectivity index is 2.71. The molecule has 20 heavy (non-hydrogen) atoms. The van der Waals surface area contributed by atoms with Crippen LogP contribution in [0.5, 0.6) is 5.75 Å². The van der Waals surface area contributed by atoms with E-state index < -0.39 is 5.91 Å².